The van der Waals surface area contributed by atoms with Gasteiger partial charge in [-0.3, -0.25) is 0 Å². The highest BCUT2D eigenvalue weighted by molar-refractivity contribution is 7.92. The number of nitrogens with two attached hydrogens (primary N) is 1. The van der Waals surface area contributed by atoms with Crippen LogP contribution in [0.25, 0.3) is 0 Å². The monoisotopic (exact) mass is 306 g/mol. The highest BCUT2D eigenvalue weighted by Gasteiger charge is 2.16. The average Bonchev–Trinajstić information content (AvgIpc) is 2.37. The largest absolute Gasteiger partial charge is 0.324 e. The summed E-state index contributed by atoms with van der Waals surface area (Å²) in [5, 5.41) is 0. The molecule has 1 atom stereocenters. The van der Waals surface area contributed by atoms with Crippen LogP contribution in [0.2, 0.25) is 0 Å². The Morgan fingerprint density at radius 3 is 2.10 bits per heavy atom. The van der Waals surface area contributed by atoms with E-state index in [1.54, 1.807) is 32.0 Å². The van der Waals surface area contributed by atoms with Crippen LogP contribution >= 0.6 is 0 Å². The first kappa shape index (κ1) is 15.4. The van der Waals surface area contributed by atoms with Gasteiger partial charge in [0.25, 0.3) is 10.0 Å². The van der Waals surface area contributed by atoms with E-state index in [2.05, 4.69) is 14.7 Å². The molecule has 1 aromatic carbocycles. The topological polar surface area (TPSA) is 98.0 Å². The molecule has 1 unspecified atom stereocenters. The highest BCUT2D eigenvalue weighted by atomic mass is 32.2. The molecule has 21 heavy (non-hydrogen) atoms. The molecule has 0 aliphatic rings. The van der Waals surface area contributed by atoms with E-state index < -0.39 is 10.0 Å². The van der Waals surface area contributed by atoms with E-state index >= 15 is 0 Å². The van der Waals surface area contributed by atoms with Crippen LogP contribution in [-0.2, 0) is 10.0 Å². The van der Waals surface area contributed by atoms with Gasteiger partial charge < -0.3 is 5.73 Å². The van der Waals surface area contributed by atoms with Gasteiger partial charge in [-0.2, -0.15) is 0 Å². The highest BCUT2D eigenvalue weighted by Crippen LogP contribution is 2.17. The molecule has 0 spiro atoms. The number of nitrogens with zero attached hydrogens (tertiary/aromatic N) is 2. The van der Waals surface area contributed by atoms with E-state index in [0.29, 0.717) is 11.4 Å². The summed E-state index contributed by atoms with van der Waals surface area (Å²) >= 11 is 0. The minimum absolute atomic E-state index is 0.0729. The minimum atomic E-state index is -3.71. The molecule has 0 saturated carbocycles. The van der Waals surface area contributed by atoms with Crippen LogP contribution in [0, 0.1) is 13.8 Å². The molecule has 112 valence electrons. The summed E-state index contributed by atoms with van der Waals surface area (Å²) in [4.78, 5) is 8.29. The van der Waals surface area contributed by atoms with Gasteiger partial charge in [-0.25, -0.2) is 23.1 Å². The van der Waals surface area contributed by atoms with Crippen molar-refractivity contribution in [3.63, 3.8) is 0 Å². The summed E-state index contributed by atoms with van der Waals surface area (Å²) in [5.74, 6) is 0.0729. The average molecular weight is 306 g/mol. The van der Waals surface area contributed by atoms with Crippen LogP contribution in [0.1, 0.15) is 29.9 Å². The van der Waals surface area contributed by atoms with Crippen molar-refractivity contribution in [3.8, 4) is 0 Å². The van der Waals surface area contributed by atoms with Crippen molar-refractivity contribution in [1.29, 1.82) is 0 Å². The van der Waals surface area contributed by atoms with Crippen LogP contribution in [0.5, 0.6) is 0 Å². The number of sulfonamides is 1. The lowest BCUT2D eigenvalue weighted by Gasteiger charge is -2.09. The minimum Gasteiger partial charge on any atom is -0.324 e. The molecule has 0 saturated heterocycles. The van der Waals surface area contributed by atoms with Crippen molar-refractivity contribution in [2.24, 2.45) is 5.73 Å². The molecule has 1 aromatic heterocycles. The first-order valence-electron chi connectivity index (χ1n) is 6.48. The zero-order valence-corrected chi connectivity index (χ0v) is 13.0. The maximum absolute atomic E-state index is 12.3. The lowest BCUT2D eigenvalue weighted by Crippen LogP contribution is -2.16. The Labute approximate surface area is 124 Å². The molecule has 0 fully saturated rings. The molecule has 0 amide bonds. The molecule has 6 nitrogen and oxygen atoms in total. The first-order valence-corrected chi connectivity index (χ1v) is 7.97. The predicted octanol–water partition coefficient (Wildman–Crippen LogP) is 1.91. The van der Waals surface area contributed by atoms with Crippen molar-refractivity contribution in [1.82, 2.24) is 9.97 Å². The second kappa shape index (κ2) is 5.79. The van der Waals surface area contributed by atoms with Gasteiger partial charge in [-0.05, 0) is 44.5 Å². The second-order valence-electron chi connectivity index (χ2n) is 4.94. The maximum Gasteiger partial charge on any atom is 0.264 e. The van der Waals surface area contributed by atoms with Crippen molar-refractivity contribution < 1.29 is 8.42 Å². The summed E-state index contributed by atoms with van der Waals surface area (Å²) < 4.78 is 26.9. The van der Waals surface area contributed by atoms with Crippen LogP contribution in [0.3, 0.4) is 0 Å². The van der Waals surface area contributed by atoms with Gasteiger partial charge in [0.2, 0.25) is 5.95 Å². The number of hydrogen-bond donors (Lipinski definition) is 2. The molecule has 2 rings (SSSR count). The van der Waals surface area contributed by atoms with Gasteiger partial charge in [-0.1, -0.05) is 12.1 Å². The lowest BCUT2D eigenvalue weighted by atomic mass is 10.1. The Morgan fingerprint density at radius 1 is 1.10 bits per heavy atom. The molecule has 0 aliphatic carbocycles. The Morgan fingerprint density at radius 2 is 1.62 bits per heavy atom. The van der Waals surface area contributed by atoms with Crippen LogP contribution in [0.4, 0.5) is 5.95 Å². The Balaban J connectivity index is 2.29. The normalized spacial score (nSPS) is 13.0. The van der Waals surface area contributed by atoms with E-state index in [9.17, 15) is 8.42 Å². The number of benzene rings is 1. The van der Waals surface area contributed by atoms with Crippen molar-refractivity contribution >= 4 is 16.0 Å². The predicted molar refractivity (Wildman–Crippen MR) is 81.4 cm³/mol. The fourth-order valence-electron chi connectivity index (χ4n) is 1.90. The lowest BCUT2D eigenvalue weighted by molar-refractivity contribution is 0.600. The standard InChI is InChI=1S/C14H18N4O2S/c1-9-8-10(2)17-14(16-9)18-21(19,20)13-6-4-12(5-7-13)11(3)15/h4-8,11H,15H2,1-3H3,(H,16,17,18). The molecule has 1 heterocycles. The van der Waals surface area contributed by atoms with Gasteiger partial charge >= 0.3 is 0 Å². The first-order chi connectivity index (χ1) is 9.78. The Bertz CT molecular complexity index is 720. The number of rotatable bonds is 4. The fraction of sp³-hybridized carbons (Fsp3) is 0.286. The molecule has 0 radical (unpaired) electrons. The summed E-state index contributed by atoms with van der Waals surface area (Å²) in [5.41, 5.74) is 8.02. The third-order valence-corrected chi connectivity index (χ3v) is 4.27. The van der Waals surface area contributed by atoms with E-state index in [1.807, 2.05) is 6.92 Å². The molecule has 2 aromatic rings. The van der Waals surface area contributed by atoms with Gasteiger partial charge in [0, 0.05) is 17.4 Å². The van der Waals surface area contributed by atoms with E-state index in [-0.39, 0.29) is 16.9 Å². The summed E-state index contributed by atoms with van der Waals surface area (Å²) in [7, 11) is -3.71. The zero-order valence-electron chi connectivity index (χ0n) is 12.2. The van der Waals surface area contributed by atoms with Crippen molar-refractivity contribution in [2.45, 2.75) is 31.7 Å². The fourth-order valence-corrected chi connectivity index (χ4v) is 2.85. The second-order valence-corrected chi connectivity index (χ2v) is 6.62. The Kier molecular flexibility index (Phi) is 4.24. The number of aryl methyl sites for hydroxylation is 2. The third-order valence-electron chi connectivity index (χ3n) is 2.92. The molecule has 0 bridgehead atoms. The third kappa shape index (κ3) is 3.77. The summed E-state index contributed by atoms with van der Waals surface area (Å²) in [6.07, 6.45) is 0. The Hall–Kier alpha value is -1.99. The zero-order chi connectivity index (χ0) is 15.6. The van der Waals surface area contributed by atoms with E-state index in [4.69, 9.17) is 5.73 Å². The summed E-state index contributed by atoms with van der Waals surface area (Å²) in [6.45, 7) is 5.40. The molecular weight excluding hydrogens is 288 g/mol. The van der Waals surface area contributed by atoms with Crippen LogP contribution in [-0.4, -0.2) is 18.4 Å². The number of anilines is 1. The number of hydrogen-bond acceptors (Lipinski definition) is 5. The van der Waals surface area contributed by atoms with Crippen LogP contribution < -0.4 is 10.5 Å². The van der Waals surface area contributed by atoms with Gasteiger partial charge in [0.05, 0.1) is 4.90 Å². The van der Waals surface area contributed by atoms with Crippen molar-refractivity contribution in [3.05, 3.63) is 47.3 Å². The van der Waals surface area contributed by atoms with E-state index in [0.717, 1.165) is 5.56 Å². The molecule has 7 heteroatoms. The maximum atomic E-state index is 12.3. The summed E-state index contributed by atoms with van der Waals surface area (Å²) in [6, 6.07) is 8.06. The SMILES string of the molecule is Cc1cc(C)nc(NS(=O)(=O)c2ccc(C(C)N)cc2)n1. The molecular formula is C14H18N4O2S. The quantitative estimate of drug-likeness (QED) is 0.899. The van der Waals surface area contributed by atoms with Gasteiger partial charge in [-0.15, -0.1) is 0 Å². The van der Waals surface area contributed by atoms with E-state index in [1.165, 1.54) is 12.1 Å². The number of nitrogens with one attached hydrogen (secondary N) is 1. The molecule has 0 aliphatic heterocycles. The molecule has 3 N–H and O–H groups in total. The van der Waals surface area contributed by atoms with Crippen molar-refractivity contribution in [2.75, 3.05) is 4.72 Å². The van der Waals surface area contributed by atoms with Gasteiger partial charge in [0.15, 0.2) is 0 Å². The van der Waals surface area contributed by atoms with Crippen LogP contribution in [0.15, 0.2) is 35.2 Å². The van der Waals surface area contributed by atoms with Gasteiger partial charge in [0.1, 0.15) is 0 Å². The number of aromatic nitrogens is 2. The smallest absolute Gasteiger partial charge is 0.264 e.